The van der Waals surface area contributed by atoms with E-state index in [4.69, 9.17) is 46.9 Å². The summed E-state index contributed by atoms with van der Waals surface area (Å²) >= 11 is 0. The first-order chi connectivity index (χ1) is 14.3. The van der Waals surface area contributed by atoms with E-state index >= 15 is 0 Å². The third kappa shape index (κ3) is 7.72. The van der Waals surface area contributed by atoms with E-state index in [2.05, 4.69) is 66.1 Å². The summed E-state index contributed by atoms with van der Waals surface area (Å²) in [6.07, 6.45) is 5.06. The smallest absolute Gasteiger partial charge is 0.176 e. The molecule has 32 heavy (non-hydrogen) atoms. The Balaban J connectivity index is 3.27. The molecule has 1 atom stereocenters. The summed E-state index contributed by atoms with van der Waals surface area (Å²) in [6, 6.07) is 0. The van der Waals surface area contributed by atoms with Gasteiger partial charge in [-0.3, -0.25) is 0 Å². The minimum atomic E-state index is -2.64. The molecule has 0 bridgehead atoms. The van der Waals surface area contributed by atoms with Crippen LogP contribution in [-0.4, -0.2) is 106 Å². The van der Waals surface area contributed by atoms with E-state index in [9.17, 15) is 0 Å². The van der Waals surface area contributed by atoms with Gasteiger partial charge < -0.3 is 8.23 Å². The van der Waals surface area contributed by atoms with Crippen LogP contribution in [0.1, 0.15) is 25.7 Å². The van der Waals surface area contributed by atoms with Crippen LogP contribution in [0.2, 0.25) is 75.1 Å². The average molecular weight is 483 g/mol. The quantitative estimate of drug-likeness (QED) is 0.375. The van der Waals surface area contributed by atoms with Crippen molar-refractivity contribution in [3.05, 3.63) is 0 Å². The van der Waals surface area contributed by atoms with Crippen LogP contribution in [0.15, 0.2) is 0 Å². The average Bonchev–Trinajstić information content (AvgIpc) is 3.12. The molecule has 0 aromatic rings. The van der Waals surface area contributed by atoms with Crippen LogP contribution in [0.3, 0.4) is 0 Å². The molecule has 1 saturated carbocycles. The van der Waals surface area contributed by atoms with Gasteiger partial charge in [-0.1, -0.05) is 31.6 Å². The zero-order chi connectivity index (χ0) is 25.2. The molecule has 0 aliphatic heterocycles. The molecule has 12 radical (unpaired) electrons. The van der Waals surface area contributed by atoms with Gasteiger partial charge in [0.1, 0.15) is 0 Å². The van der Waals surface area contributed by atoms with Crippen molar-refractivity contribution in [1.29, 1.82) is 0 Å². The minimum Gasteiger partial charge on any atom is -0.457 e. The lowest BCUT2D eigenvalue weighted by molar-refractivity contribution is 0.512. The number of hydrogen-bond acceptors (Lipinski definition) is 2. The lowest BCUT2D eigenvalue weighted by Gasteiger charge is -2.59. The van der Waals surface area contributed by atoms with Crippen molar-refractivity contribution < 1.29 is 8.23 Å². The van der Waals surface area contributed by atoms with Crippen molar-refractivity contribution in [3.63, 3.8) is 0 Å². The maximum absolute atomic E-state index is 7.14. The molecule has 0 amide bonds. The van der Waals surface area contributed by atoms with Crippen LogP contribution in [0.25, 0.3) is 0 Å². The fourth-order valence-electron chi connectivity index (χ4n) is 5.96. The normalized spacial score (nSPS) is 18.2. The second kappa shape index (κ2) is 11.7. The molecule has 160 valence electrons. The lowest BCUT2D eigenvalue weighted by Crippen LogP contribution is -2.74. The Morgan fingerprint density at radius 2 is 1.34 bits per heavy atom. The minimum absolute atomic E-state index is 0.440. The fraction of sp³-hybridized carbons (Fsp3) is 1.00. The fourth-order valence-corrected chi connectivity index (χ4v) is 24.8. The molecule has 0 heterocycles. The SMILES string of the molecule is [B][B]B([B])C(B([B])[B])(B([B])[B]C[Si](C)(C)O[Si](C)(C)C)[Si](C)(C)O[Si](C)(C)C1CCCC1. The van der Waals surface area contributed by atoms with Crippen molar-refractivity contribution in [1.82, 2.24) is 0 Å². The Kier molecular flexibility index (Phi) is 11.5. The molecule has 1 aliphatic carbocycles. The Morgan fingerprint density at radius 3 is 1.75 bits per heavy atom. The van der Waals surface area contributed by atoms with Gasteiger partial charge in [0.15, 0.2) is 33.3 Å². The van der Waals surface area contributed by atoms with Crippen LogP contribution in [0.5, 0.6) is 0 Å². The van der Waals surface area contributed by atoms with Gasteiger partial charge >= 0.3 is 0 Å². The Labute approximate surface area is 214 Å². The summed E-state index contributed by atoms with van der Waals surface area (Å²) in [5.41, 5.74) is 0.649. The van der Waals surface area contributed by atoms with Gasteiger partial charge in [-0.25, -0.2) is 0 Å². The molecule has 2 nitrogen and oxygen atoms in total. The Morgan fingerprint density at radius 1 is 0.844 bits per heavy atom. The number of hydrogen-bond donors (Lipinski definition) is 0. The largest absolute Gasteiger partial charge is 0.457 e. The van der Waals surface area contributed by atoms with E-state index < -0.39 is 57.5 Å². The molecule has 1 rings (SSSR count). The van der Waals surface area contributed by atoms with Crippen molar-refractivity contribution >= 4 is 106 Å². The summed E-state index contributed by atoms with van der Waals surface area (Å²) < 4.78 is 12.8. The molecule has 1 fully saturated rings. The van der Waals surface area contributed by atoms with Crippen LogP contribution in [-0.2, 0) is 8.23 Å². The molecule has 0 aromatic heterocycles. The highest BCUT2D eigenvalue weighted by atomic mass is 28.4. The van der Waals surface area contributed by atoms with Gasteiger partial charge in [-0.2, -0.15) is 0 Å². The highest BCUT2D eigenvalue weighted by Gasteiger charge is 2.57. The molecular formula is C16H38B10O2Si4. The Bertz CT molecular complexity index is 602. The summed E-state index contributed by atoms with van der Waals surface area (Å²) in [5, 5.41) is 0. The van der Waals surface area contributed by atoms with Gasteiger partial charge in [0.2, 0.25) is 0 Å². The van der Waals surface area contributed by atoms with E-state index in [1.54, 1.807) is 0 Å². The highest BCUT2D eigenvalue weighted by Crippen LogP contribution is 2.47. The molecule has 0 N–H and O–H groups in total. The first-order valence-electron chi connectivity index (χ1n) is 12.1. The third-order valence-electron chi connectivity index (χ3n) is 7.21. The summed E-state index contributed by atoms with van der Waals surface area (Å²) in [5.74, 6) is 0.804. The van der Waals surface area contributed by atoms with Gasteiger partial charge in [0.25, 0.3) is 0 Å². The van der Waals surface area contributed by atoms with Crippen LogP contribution < -0.4 is 0 Å². The predicted molar refractivity (Wildman–Crippen MR) is 165 cm³/mol. The van der Waals surface area contributed by atoms with Gasteiger partial charge in [0, 0.05) is 65.2 Å². The van der Waals surface area contributed by atoms with Crippen LogP contribution in [0, 0.1) is 0 Å². The topological polar surface area (TPSA) is 18.5 Å². The second-order valence-electron chi connectivity index (χ2n) is 12.3. The van der Waals surface area contributed by atoms with Gasteiger partial charge in [-0.15, -0.1) is 4.74 Å². The predicted octanol–water partition coefficient (Wildman–Crippen LogP) is 2.36. The van der Waals surface area contributed by atoms with Crippen LogP contribution in [0.4, 0.5) is 0 Å². The Hall–Kier alpha value is 1.44. The molecule has 1 unspecified atom stereocenters. The second-order valence-corrected chi connectivity index (χ2v) is 30.0. The van der Waals surface area contributed by atoms with E-state index in [0.717, 1.165) is 5.94 Å². The zero-order valence-corrected chi connectivity index (χ0v) is 26.2. The molecule has 0 aromatic carbocycles. The van der Waals surface area contributed by atoms with Crippen molar-refractivity contribution in [2.75, 3.05) is 0 Å². The molecule has 1 aliphatic rings. The monoisotopic (exact) mass is 484 g/mol. The first kappa shape index (κ1) is 31.5. The zero-order valence-electron chi connectivity index (χ0n) is 22.2. The van der Waals surface area contributed by atoms with Gasteiger partial charge in [0.05, 0.1) is 7.17 Å². The van der Waals surface area contributed by atoms with E-state index in [1.807, 2.05) is 0 Å². The molecule has 16 heteroatoms. The van der Waals surface area contributed by atoms with Crippen molar-refractivity contribution in [2.45, 2.75) is 101 Å². The summed E-state index contributed by atoms with van der Waals surface area (Å²) in [6.45, 7) is 18.4. The number of rotatable bonds is 13. The maximum Gasteiger partial charge on any atom is 0.176 e. The van der Waals surface area contributed by atoms with E-state index in [1.165, 1.54) is 32.7 Å². The highest BCUT2D eigenvalue weighted by molar-refractivity contribution is 7.65. The van der Waals surface area contributed by atoms with Crippen molar-refractivity contribution in [3.8, 4) is 0 Å². The van der Waals surface area contributed by atoms with E-state index in [0.29, 0.717) is 5.54 Å². The maximum atomic E-state index is 7.14. The standard InChI is InChI=1S/C16H38B10O2Si4/c1-29(2,3)27-30(4,5)14-22-25(20)16(24(18)19,26(21)23-17)32(8,9)28-31(6,7)15-12-10-11-13-15/h15H,10-14H2,1-9H3. The van der Waals surface area contributed by atoms with Gasteiger partial charge in [-0.05, 0) is 64.5 Å². The molecular weight excluding hydrogens is 445 g/mol. The third-order valence-corrected chi connectivity index (χ3v) is 22.9. The molecule has 0 spiro atoms. The first-order valence-corrected chi connectivity index (χ1v) is 24.6. The lowest BCUT2D eigenvalue weighted by atomic mass is 8.79. The van der Waals surface area contributed by atoms with Crippen molar-refractivity contribution in [2.24, 2.45) is 0 Å². The summed E-state index contributed by atoms with van der Waals surface area (Å²) in [4.78, 5) is 0. The summed E-state index contributed by atoms with van der Waals surface area (Å²) in [7, 11) is 28.1. The van der Waals surface area contributed by atoms with E-state index in [-0.39, 0.29) is 0 Å². The molecule has 0 saturated heterocycles. The van der Waals surface area contributed by atoms with Crippen LogP contribution >= 0.6 is 0 Å².